The normalized spacial score (nSPS) is 19.5. The fourth-order valence-corrected chi connectivity index (χ4v) is 1.57. The number of nitrogens with one attached hydrogen (secondary N) is 1. The van der Waals surface area contributed by atoms with E-state index in [1.807, 2.05) is 26.6 Å². The Balaban J connectivity index is 2.08. The first kappa shape index (κ1) is 7.80. The lowest BCUT2D eigenvalue weighted by atomic mass is 10.1. The van der Waals surface area contributed by atoms with E-state index in [2.05, 4.69) is 14.9 Å². The van der Waals surface area contributed by atoms with Crippen molar-refractivity contribution < 1.29 is 0 Å². The monoisotopic (exact) mass is 165 g/mol. The summed E-state index contributed by atoms with van der Waals surface area (Å²) in [6.07, 6.45) is 7.53. The van der Waals surface area contributed by atoms with Gasteiger partial charge in [-0.25, -0.2) is 4.98 Å². The van der Waals surface area contributed by atoms with Crippen LogP contribution in [-0.4, -0.2) is 22.1 Å². The highest BCUT2D eigenvalue weighted by Gasteiger charge is 2.41. The molecule has 1 aliphatic carbocycles. The van der Waals surface area contributed by atoms with E-state index in [-0.39, 0.29) is 0 Å². The predicted molar refractivity (Wildman–Crippen MR) is 47.9 cm³/mol. The van der Waals surface area contributed by atoms with Crippen molar-refractivity contribution in [3.05, 3.63) is 18.2 Å². The van der Waals surface area contributed by atoms with E-state index < -0.39 is 0 Å². The quantitative estimate of drug-likeness (QED) is 0.715. The summed E-state index contributed by atoms with van der Waals surface area (Å²) in [5.74, 6) is 0. The zero-order valence-corrected chi connectivity index (χ0v) is 7.67. The molecule has 1 fully saturated rings. The van der Waals surface area contributed by atoms with Crippen LogP contribution in [0.3, 0.4) is 0 Å². The van der Waals surface area contributed by atoms with E-state index in [4.69, 9.17) is 0 Å². The number of aryl methyl sites for hydroxylation is 1. The van der Waals surface area contributed by atoms with Crippen molar-refractivity contribution in [1.82, 2.24) is 14.9 Å². The van der Waals surface area contributed by atoms with Crippen LogP contribution in [0.15, 0.2) is 12.5 Å². The summed E-state index contributed by atoms with van der Waals surface area (Å²) >= 11 is 0. The molecular weight excluding hydrogens is 150 g/mol. The second-order valence-electron chi connectivity index (χ2n) is 3.70. The number of aromatic nitrogens is 2. The third-order valence-corrected chi connectivity index (χ3v) is 2.82. The van der Waals surface area contributed by atoms with Gasteiger partial charge in [-0.1, -0.05) is 0 Å². The van der Waals surface area contributed by atoms with Gasteiger partial charge in [-0.15, -0.1) is 0 Å². The van der Waals surface area contributed by atoms with Crippen molar-refractivity contribution in [3.63, 3.8) is 0 Å². The van der Waals surface area contributed by atoms with Gasteiger partial charge in [-0.05, 0) is 19.9 Å². The van der Waals surface area contributed by atoms with Crippen molar-refractivity contribution in [3.8, 4) is 0 Å². The SMILES string of the molecule is CNC1(Cc2cncn2C)CC1. The third-order valence-electron chi connectivity index (χ3n) is 2.82. The minimum absolute atomic E-state index is 0.397. The molecule has 1 N–H and O–H groups in total. The average molecular weight is 165 g/mol. The molecule has 1 aromatic heterocycles. The zero-order chi connectivity index (χ0) is 8.60. The smallest absolute Gasteiger partial charge is 0.0945 e. The largest absolute Gasteiger partial charge is 0.338 e. The van der Waals surface area contributed by atoms with Gasteiger partial charge >= 0.3 is 0 Å². The van der Waals surface area contributed by atoms with Crippen LogP contribution in [0.25, 0.3) is 0 Å². The first-order valence-corrected chi connectivity index (χ1v) is 4.40. The van der Waals surface area contributed by atoms with Gasteiger partial charge in [0, 0.05) is 30.9 Å². The van der Waals surface area contributed by atoms with Crippen LogP contribution in [0.1, 0.15) is 18.5 Å². The number of imidazole rings is 1. The predicted octanol–water partition coefficient (Wildman–Crippen LogP) is 0.715. The molecule has 0 atom stereocenters. The first-order chi connectivity index (χ1) is 5.76. The Morgan fingerprint density at radius 3 is 2.83 bits per heavy atom. The Bertz CT molecular complexity index is 273. The summed E-state index contributed by atoms with van der Waals surface area (Å²) in [6, 6.07) is 0. The summed E-state index contributed by atoms with van der Waals surface area (Å²) in [6.45, 7) is 0. The summed E-state index contributed by atoms with van der Waals surface area (Å²) in [5.41, 5.74) is 1.72. The molecule has 0 bridgehead atoms. The van der Waals surface area contributed by atoms with Gasteiger partial charge in [0.1, 0.15) is 0 Å². The Hall–Kier alpha value is -0.830. The van der Waals surface area contributed by atoms with E-state index in [0.717, 1.165) is 6.42 Å². The number of hydrogen-bond acceptors (Lipinski definition) is 2. The van der Waals surface area contributed by atoms with Crippen LogP contribution in [0.5, 0.6) is 0 Å². The molecule has 2 rings (SSSR count). The molecule has 0 radical (unpaired) electrons. The lowest BCUT2D eigenvalue weighted by Gasteiger charge is -2.13. The molecule has 1 heterocycles. The lowest BCUT2D eigenvalue weighted by Crippen LogP contribution is -2.30. The molecule has 0 saturated heterocycles. The molecule has 0 amide bonds. The van der Waals surface area contributed by atoms with Crippen LogP contribution in [0.2, 0.25) is 0 Å². The fraction of sp³-hybridized carbons (Fsp3) is 0.667. The van der Waals surface area contributed by atoms with Crippen LogP contribution >= 0.6 is 0 Å². The molecule has 3 nitrogen and oxygen atoms in total. The van der Waals surface area contributed by atoms with Crippen molar-refractivity contribution >= 4 is 0 Å². The number of nitrogens with zero attached hydrogens (tertiary/aromatic N) is 2. The van der Waals surface area contributed by atoms with Gasteiger partial charge in [0.15, 0.2) is 0 Å². The van der Waals surface area contributed by atoms with Gasteiger partial charge in [-0.3, -0.25) is 0 Å². The van der Waals surface area contributed by atoms with Crippen molar-refractivity contribution in [1.29, 1.82) is 0 Å². The molecule has 3 heteroatoms. The van der Waals surface area contributed by atoms with Crippen LogP contribution < -0.4 is 5.32 Å². The van der Waals surface area contributed by atoms with Crippen molar-refractivity contribution in [2.45, 2.75) is 24.8 Å². The highest BCUT2D eigenvalue weighted by Crippen LogP contribution is 2.37. The van der Waals surface area contributed by atoms with Gasteiger partial charge in [0.25, 0.3) is 0 Å². The first-order valence-electron chi connectivity index (χ1n) is 4.40. The summed E-state index contributed by atoms with van der Waals surface area (Å²) in [4.78, 5) is 4.10. The zero-order valence-electron chi connectivity index (χ0n) is 7.67. The van der Waals surface area contributed by atoms with Crippen molar-refractivity contribution in [2.75, 3.05) is 7.05 Å². The average Bonchev–Trinajstić information content (AvgIpc) is 2.74. The minimum Gasteiger partial charge on any atom is -0.338 e. The number of hydrogen-bond donors (Lipinski definition) is 1. The molecule has 1 saturated carbocycles. The number of rotatable bonds is 3. The van der Waals surface area contributed by atoms with Gasteiger partial charge in [0.2, 0.25) is 0 Å². The molecule has 66 valence electrons. The van der Waals surface area contributed by atoms with E-state index in [1.54, 1.807) is 0 Å². The summed E-state index contributed by atoms with van der Waals surface area (Å²) < 4.78 is 2.09. The van der Waals surface area contributed by atoms with Crippen LogP contribution in [0, 0.1) is 0 Å². The van der Waals surface area contributed by atoms with E-state index in [1.165, 1.54) is 18.5 Å². The van der Waals surface area contributed by atoms with Crippen molar-refractivity contribution in [2.24, 2.45) is 7.05 Å². The molecule has 1 aromatic rings. The lowest BCUT2D eigenvalue weighted by molar-refractivity contribution is 0.533. The van der Waals surface area contributed by atoms with Gasteiger partial charge in [-0.2, -0.15) is 0 Å². The molecule has 0 aliphatic heterocycles. The molecule has 0 aromatic carbocycles. The van der Waals surface area contributed by atoms with E-state index >= 15 is 0 Å². The Morgan fingerprint density at radius 2 is 2.42 bits per heavy atom. The maximum Gasteiger partial charge on any atom is 0.0945 e. The van der Waals surface area contributed by atoms with Crippen LogP contribution in [0.4, 0.5) is 0 Å². The number of likely N-dealkylation sites (N-methyl/N-ethyl adjacent to an activating group) is 1. The minimum atomic E-state index is 0.397. The molecule has 1 aliphatic rings. The maximum absolute atomic E-state index is 4.10. The standard InChI is InChI=1S/C9H15N3/c1-10-9(3-4-9)5-8-6-11-7-12(8)2/h6-7,10H,3-5H2,1-2H3. The second-order valence-corrected chi connectivity index (χ2v) is 3.70. The summed E-state index contributed by atoms with van der Waals surface area (Å²) in [7, 11) is 4.09. The molecular formula is C9H15N3. The van der Waals surface area contributed by atoms with Crippen LogP contribution in [-0.2, 0) is 13.5 Å². The maximum atomic E-state index is 4.10. The molecule has 0 unspecified atom stereocenters. The third kappa shape index (κ3) is 1.25. The molecule has 0 spiro atoms. The highest BCUT2D eigenvalue weighted by molar-refractivity contribution is 5.12. The molecule has 12 heavy (non-hydrogen) atoms. The van der Waals surface area contributed by atoms with Gasteiger partial charge < -0.3 is 9.88 Å². The Labute approximate surface area is 72.8 Å². The summed E-state index contributed by atoms with van der Waals surface area (Å²) in [5, 5.41) is 3.38. The van der Waals surface area contributed by atoms with E-state index in [0.29, 0.717) is 5.54 Å². The van der Waals surface area contributed by atoms with E-state index in [9.17, 15) is 0 Å². The Kier molecular flexibility index (Phi) is 1.68. The topological polar surface area (TPSA) is 29.9 Å². The van der Waals surface area contributed by atoms with Gasteiger partial charge in [0.05, 0.1) is 6.33 Å². The second kappa shape index (κ2) is 2.59. The Morgan fingerprint density at radius 1 is 1.67 bits per heavy atom. The highest BCUT2D eigenvalue weighted by atomic mass is 15.0. The fourth-order valence-electron chi connectivity index (χ4n) is 1.57.